The molecule has 0 bridgehead atoms. The summed E-state index contributed by atoms with van der Waals surface area (Å²) >= 11 is 13.3. The van der Waals surface area contributed by atoms with Crippen LogP contribution in [0, 0.1) is 0 Å². The van der Waals surface area contributed by atoms with E-state index in [4.69, 9.17) is 38.1 Å². The van der Waals surface area contributed by atoms with Crippen molar-refractivity contribution in [3.8, 4) is 62.2 Å². The minimum absolute atomic E-state index is 0.305. The Morgan fingerprint density at radius 3 is 1.52 bits per heavy atom. The molecule has 0 atom stereocenters. The van der Waals surface area contributed by atoms with Gasteiger partial charge in [0, 0.05) is 47.5 Å². The number of hydrogen-bond donors (Lipinski definition) is 2. The molecule has 0 amide bonds. The smallest absolute Gasteiger partial charge is 0.344 e. The molecule has 0 aliphatic heterocycles. The summed E-state index contributed by atoms with van der Waals surface area (Å²) in [5.41, 5.74) is 11.4. The number of aryl methyl sites for hydroxylation is 2. The van der Waals surface area contributed by atoms with Crippen LogP contribution in [0.5, 0.6) is 5.75 Å². The number of tetrazole rings is 2. The summed E-state index contributed by atoms with van der Waals surface area (Å²) < 4.78 is 10.4. The minimum atomic E-state index is -0.598. The number of hydrogen-bond acceptors (Lipinski definition) is 10. The standard InChI is InChI=1S/C53H44Cl2N12O2/c1-3-15-44-37(31-66(60-44)46-23-13-11-21-42(46)54)25-33-27-39(51-56-62-63-57-51)49(35-17-7-5-8-18-35)41(29-33)53(68)69-48-30-34(28-40(52-58-64-65-59-52)50(48)36-19-9-6-10-20-36)26-38-32-67(61-45(38)16-4-2)47-24-14-12-22-43(47)55/h5-14,17-24,27-32H,3-4,15-16,25-26H2,1-2H3,(H,56,57,62,63)(H,58,59,64,65). The van der Waals surface area contributed by atoms with E-state index < -0.39 is 5.97 Å². The number of carbonyl (C=O) groups is 1. The molecule has 0 saturated heterocycles. The second kappa shape index (κ2) is 20.0. The summed E-state index contributed by atoms with van der Waals surface area (Å²) in [6.07, 6.45) is 8.15. The highest BCUT2D eigenvalue weighted by molar-refractivity contribution is 6.32. The average molecular weight is 952 g/mol. The molecule has 0 aliphatic rings. The molecule has 2 N–H and O–H groups in total. The molecule has 10 rings (SSSR count). The van der Waals surface area contributed by atoms with Gasteiger partial charge >= 0.3 is 5.97 Å². The van der Waals surface area contributed by atoms with Gasteiger partial charge in [-0.15, -0.1) is 10.2 Å². The molecular weight excluding hydrogens is 908 g/mol. The van der Waals surface area contributed by atoms with Crippen LogP contribution in [0.2, 0.25) is 10.0 Å². The molecule has 342 valence electrons. The van der Waals surface area contributed by atoms with Gasteiger partial charge in [0.15, 0.2) is 11.6 Å². The van der Waals surface area contributed by atoms with Crippen molar-refractivity contribution >= 4 is 29.2 Å². The first kappa shape index (κ1) is 44.7. The Hall–Kier alpha value is -8.07. The molecule has 4 heterocycles. The molecule has 69 heavy (non-hydrogen) atoms. The molecular formula is C53H44Cl2N12O2. The van der Waals surface area contributed by atoms with E-state index in [-0.39, 0.29) is 0 Å². The van der Waals surface area contributed by atoms with E-state index in [9.17, 15) is 0 Å². The fourth-order valence-electron chi connectivity index (χ4n) is 8.76. The zero-order valence-electron chi connectivity index (χ0n) is 37.6. The van der Waals surface area contributed by atoms with Crippen molar-refractivity contribution in [2.24, 2.45) is 0 Å². The van der Waals surface area contributed by atoms with Gasteiger partial charge in [-0.05, 0) is 116 Å². The maximum absolute atomic E-state index is 15.5. The number of aromatic nitrogens is 12. The van der Waals surface area contributed by atoms with Gasteiger partial charge in [0.25, 0.3) is 0 Å². The zero-order chi connectivity index (χ0) is 47.3. The summed E-state index contributed by atoms with van der Waals surface area (Å²) in [4.78, 5) is 15.5. The van der Waals surface area contributed by atoms with Gasteiger partial charge in [0.2, 0.25) is 0 Å². The Morgan fingerprint density at radius 1 is 0.580 bits per heavy atom. The molecule has 0 fully saturated rings. The Kier molecular flexibility index (Phi) is 13.0. The highest BCUT2D eigenvalue weighted by Crippen LogP contribution is 2.42. The lowest BCUT2D eigenvalue weighted by Gasteiger charge is -2.19. The summed E-state index contributed by atoms with van der Waals surface area (Å²) in [6.45, 7) is 4.25. The number of halogens is 2. The van der Waals surface area contributed by atoms with E-state index >= 15 is 4.79 Å². The maximum Gasteiger partial charge on any atom is 0.344 e. The Bertz CT molecular complexity index is 3390. The van der Waals surface area contributed by atoms with E-state index in [1.54, 1.807) is 0 Å². The molecule has 6 aromatic carbocycles. The monoisotopic (exact) mass is 950 g/mol. The number of aromatic amines is 2. The van der Waals surface area contributed by atoms with Gasteiger partial charge in [-0.1, -0.05) is 135 Å². The maximum atomic E-state index is 15.5. The lowest BCUT2D eigenvalue weighted by Crippen LogP contribution is -2.13. The van der Waals surface area contributed by atoms with E-state index in [0.717, 1.165) is 81.8 Å². The first-order valence-electron chi connectivity index (χ1n) is 22.6. The topological polar surface area (TPSA) is 171 Å². The molecule has 4 aromatic heterocycles. The number of para-hydroxylation sites is 2. The van der Waals surface area contributed by atoms with Crippen LogP contribution in [0.15, 0.2) is 146 Å². The number of H-pyrrole nitrogens is 2. The van der Waals surface area contributed by atoms with Crippen molar-refractivity contribution in [3.05, 3.63) is 195 Å². The van der Waals surface area contributed by atoms with Gasteiger partial charge in [-0.25, -0.2) is 24.4 Å². The third-order valence-corrected chi connectivity index (χ3v) is 12.5. The van der Waals surface area contributed by atoms with Crippen molar-refractivity contribution < 1.29 is 9.53 Å². The van der Waals surface area contributed by atoms with Crippen LogP contribution in [0.1, 0.15) is 70.7 Å². The predicted octanol–water partition coefficient (Wildman–Crippen LogP) is 11.4. The van der Waals surface area contributed by atoms with E-state index in [2.05, 4.69) is 55.1 Å². The van der Waals surface area contributed by atoms with Gasteiger partial charge < -0.3 is 4.74 Å². The number of rotatable bonds is 16. The Balaban J connectivity index is 1.13. The molecule has 0 aliphatic carbocycles. The number of benzene rings is 6. The fourth-order valence-corrected chi connectivity index (χ4v) is 9.20. The number of nitrogens with zero attached hydrogens (tertiary/aromatic N) is 10. The van der Waals surface area contributed by atoms with Crippen molar-refractivity contribution in [2.45, 2.75) is 52.4 Å². The Morgan fingerprint density at radius 2 is 1.04 bits per heavy atom. The van der Waals surface area contributed by atoms with Crippen molar-refractivity contribution in [1.29, 1.82) is 0 Å². The number of esters is 1. The normalized spacial score (nSPS) is 11.3. The van der Waals surface area contributed by atoms with Crippen LogP contribution in [0.3, 0.4) is 0 Å². The van der Waals surface area contributed by atoms with Gasteiger partial charge in [-0.2, -0.15) is 10.2 Å². The molecule has 10 aromatic rings. The minimum Gasteiger partial charge on any atom is -0.422 e. The number of carbonyl (C=O) groups excluding carboxylic acids is 1. The van der Waals surface area contributed by atoms with Crippen molar-refractivity contribution in [2.75, 3.05) is 0 Å². The van der Waals surface area contributed by atoms with E-state index in [1.807, 2.05) is 155 Å². The highest BCUT2D eigenvalue weighted by atomic mass is 35.5. The van der Waals surface area contributed by atoms with Gasteiger partial charge in [-0.3, -0.25) is 0 Å². The highest BCUT2D eigenvalue weighted by Gasteiger charge is 2.27. The van der Waals surface area contributed by atoms with Gasteiger partial charge in [0.1, 0.15) is 5.75 Å². The molecule has 0 radical (unpaired) electrons. The van der Waals surface area contributed by atoms with Crippen LogP contribution in [-0.4, -0.2) is 66.8 Å². The largest absolute Gasteiger partial charge is 0.422 e. The number of ether oxygens (including phenoxy) is 1. The quantitative estimate of drug-likeness (QED) is 0.0701. The Labute approximate surface area is 407 Å². The molecule has 16 heteroatoms. The van der Waals surface area contributed by atoms with Crippen LogP contribution >= 0.6 is 23.2 Å². The fraction of sp³-hybridized carbons (Fsp3) is 0.151. The van der Waals surface area contributed by atoms with Crippen LogP contribution in [-0.2, 0) is 25.7 Å². The summed E-state index contributed by atoms with van der Waals surface area (Å²) in [6, 6.07) is 42.5. The summed E-state index contributed by atoms with van der Waals surface area (Å²) in [5.74, 6) is 0.502. The first-order valence-corrected chi connectivity index (χ1v) is 23.4. The molecule has 0 saturated carbocycles. The molecule has 0 unspecified atom stereocenters. The van der Waals surface area contributed by atoms with Crippen LogP contribution in [0.4, 0.5) is 0 Å². The number of nitrogens with one attached hydrogen (secondary N) is 2. The predicted molar refractivity (Wildman–Crippen MR) is 266 cm³/mol. The average Bonchev–Trinajstić information content (AvgIpc) is 4.23. The van der Waals surface area contributed by atoms with Gasteiger partial charge in [0.05, 0.1) is 38.4 Å². The third-order valence-electron chi connectivity index (χ3n) is 11.8. The van der Waals surface area contributed by atoms with Crippen LogP contribution < -0.4 is 4.74 Å². The van der Waals surface area contributed by atoms with E-state index in [0.29, 0.717) is 68.1 Å². The van der Waals surface area contributed by atoms with Crippen molar-refractivity contribution in [1.82, 2.24) is 60.8 Å². The molecule has 14 nitrogen and oxygen atoms in total. The second-order valence-electron chi connectivity index (χ2n) is 16.6. The van der Waals surface area contributed by atoms with Crippen molar-refractivity contribution in [3.63, 3.8) is 0 Å². The van der Waals surface area contributed by atoms with E-state index in [1.165, 1.54) is 0 Å². The first-order chi connectivity index (χ1) is 33.8. The summed E-state index contributed by atoms with van der Waals surface area (Å²) in [7, 11) is 0. The second-order valence-corrected chi connectivity index (χ2v) is 17.4. The zero-order valence-corrected chi connectivity index (χ0v) is 39.2. The lowest BCUT2D eigenvalue weighted by molar-refractivity contribution is 0.0736. The third kappa shape index (κ3) is 9.44. The van der Waals surface area contributed by atoms with Crippen LogP contribution in [0.25, 0.3) is 56.4 Å². The lowest BCUT2D eigenvalue weighted by atomic mass is 9.89. The summed E-state index contributed by atoms with van der Waals surface area (Å²) in [5, 5.41) is 41.6. The SMILES string of the molecule is CCCc1nn(-c2ccccc2Cl)cc1Cc1cc(OC(=O)c2cc(Cc3cn(-c4ccccc4Cl)nc3CCC)cc(-c3nnn[nH]3)c2-c2ccccc2)c(-c2ccccc2)c(-c2nnn[nH]2)c1. The molecule has 0 spiro atoms.